The summed E-state index contributed by atoms with van der Waals surface area (Å²) in [5.74, 6) is -3.49. The second-order valence-corrected chi connectivity index (χ2v) is 31.8. The molecule has 0 fully saturated rings. The zero-order valence-electron chi connectivity index (χ0n) is 62.7. The summed E-state index contributed by atoms with van der Waals surface area (Å²) < 4.78 is 183. The minimum Gasteiger partial charge on any atom is -0.505 e. The molecule has 3 atom stereocenters. The summed E-state index contributed by atoms with van der Waals surface area (Å²) in [5.41, 5.74) is -0.258. The van der Waals surface area contributed by atoms with Gasteiger partial charge in [-0.2, -0.15) is 26.3 Å². The van der Waals surface area contributed by atoms with Crippen molar-refractivity contribution in [1.82, 2.24) is 33.8 Å². The van der Waals surface area contributed by atoms with Gasteiger partial charge in [-0.15, -0.1) is 0 Å². The highest BCUT2D eigenvalue weighted by molar-refractivity contribution is 7.95. The molecule has 0 radical (unpaired) electrons. The Bertz CT molecular complexity index is 5030. The Hall–Kier alpha value is -10.8. The molecule has 0 bridgehead atoms. The maximum absolute atomic E-state index is 14.0. The standard InChI is InChI=1S/C25H33N5O6S.2C23H27F3N4O5S/c1-8-17(19-12-15(13-36-19)14(2)3)27-23-20(22(25(33)30(6)7)37(34,35)28-23)26-18-11-9-10-16(21(18)31)24(32)29(4)5;1-11(2)17(16-10-12(3)13(4)35-16)28-21-18(20(23(24,25)26)36(33,34)29-21)27-15-9-7-8-14(19(15)31)22(32)30(5)6;1-6-15(17-10-13(11-35-17)12(2)3)28-21-18(20(23(24,25)26)36(33,34)29-21)27-16-9-7-8-14(19(16)31)22(32)30(4)5/h9-14,17,26,31H,8H2,1-7H3,(H,27,28);7-11,17,27,31H,1-6H3,(H,28,29);7-12,15,27,31H,6H2,1-5H3,(H,28,29)/t2*17-;15-/m111/s1. The number of amides is 4. The molecule has 6 aromatic rings. The number of halogens is 6. The summed E-state index contributed by atoms with van der Waals surface area (Å²) in [7, 11) is -2.68. The minimum atomic E-state index is -5.29. The summed E-state index contributed by atoms with van der Waals surface area (Å²) in [6.45, 7) is 18.6. The fourth-order valence-electron chi connectivity index (χ4n) is 10.8. The number of aryl methyl sites for hydroxylation is 2. The van der Waals surface area contributed by atoms with Gasteiger partial charge in [0, 0.05) is 56.4 Å². The smallest absolute Gasteiger partial charge is 0.431 e. The van der Waals surface area contributed by atoms with Crippen LogP contribution in [0, 0.1) is 19.8 Å². The fourth-order valence-corrected chi connectivity index (χ4v) is 14.6. The van der Waals surface area contributed by atoms with E-state index in [1.807, 2.05) is 50.1 Å². The Kier molecular flexibility index (Phi) is 26.2. The van der Waals surface area contributed by atoms with E-state index < -0.39 is 139 Å². The number of phenols is 3. The monoisotopic (exact) mass is 1590 g/mol. The highest BCUT2D eigenvalue weighted by atomic mass is 32.2. The number of aliphatic imine (C=N–C) groups is 3. The van der Waals surface area contributed by atoms with Crippen LogP contribution in [0.3, 0.4) is 0 Å². The topological polar surface area (TPSA) is 393 Å². The first-order valence-corrected chi connectivity index (χ1v) is 38.0. The van der Waals surface area contributed by atoms with Gasteiger partial charge in [-0.05, 0) is 116 Å². The highest BCUT2D eigenvalue weighted by Gasteiger charge is 2.53. The number of aromatic hydroxyl groups is 3. The van der Waals surface area contributed by atoms with Crippen LogP contribution in [-0.2, 0) is 34.9 Å². The predicted octanol–water partition coefficient (Wildman–Crippen LogP) is 11.7. The van der Waals surface area contributed by atoms with Crippen molar-refractivity contribution in [2.24, 2.45) is 20.9 Å². The van der Waals surface area contributed by atoms with Crippen molar-refractivity contribution in [2.45, 2.75) is 124 Å². The molecule has 0 saturated heterocycles. The van der Waals surface area contributed by atoms with Crippen molar-refractivity contribution in [3.05, 3.63) is 174 Å². The number of rotatable bonds is 21. The molecular weight excluding hydrogens is 1500 g/mol. The van der Waals surface area contributed by atoms with Crippen molar-refractivity contribution in [3.63, 3.8) is 0 Å². The van der Waals surface area contributed by atoms with E-state index >= 15 is 0 Å². The summed E-state index contributed by atoms with van der Waals surface area (Å²) in [6.07, 6.45) is -6.63. The van der Waals surface area contributed by atoms with E-state index in [4.69, 9.17) is 13.3 Å². The van der Waals surface area contributed by atoms with Crippen LogP contribution < -0.4 is 30.1 Å². The van der Waals surface area contributed by atoms with Gasteiger partial charge in [0.2, 0.25) is 0 Å². The summed E-state index contributed by atoms with van der Waals surface area (Å²) >= 11 is 0. The molecule has 0 saturated carbocycles. The molecule has 109 heavy (non-hydrogen) atoms. The van der Waals surface area contributed by atoms with Crippen LogP contribution in [0.5, 0.6) is 17.2 Å². The number of nitrogens with zero attached hydrogens (tertiary/aromatic N) is 7. The van der Waals surface area contributed by atoms with Crippen LogP contribution in [0.4, 0.5) is 43.4 Å². The third-order valence-corrected chi connectivity index (χ3v) is 21.0. The predicted molar refractivity (Wildman–Crippen MR) is 397 cm³/mol. The Labute approximate surface area is 626 Å². The van der Waals surface area contributed by atoms with Crippen LogP contribution in [0.1, 0.15) is 169 Å². The van der Waals surface area contributed by atoms with Crippen molar-refractivity contribution >= 4 is 88.3 Å². The minimum absolute atomic E-state index is 0.00613. The number of furan rings is 3. The van der Waals surface area contributed by atoms with Crippen molar-refractivity contribution in [2.75, 3.05) is 72.3 Å². The van der Waals surface area contributed by atoms with Crippen molar-refractivity contribution in [1.29, 1.82) is 0 Å². The van der Waals surface area contributed by atoms with Crippen LogP contribution in [0.25, 0.3) is 0 Å². The molecule has 0 spiro atoms. The lowest BCUT2D eigenvalue weighted by Crippen LogP contribution is -2.30. The van der Waals surface area contributed by atoms with E-state index in [1.165, 1.54) is 118 Å². The molecule has 9 rings (SSSR count). The molecule has 3 aromatic carbocycles. The Morgan fingerprint density at radius 1 is 0.486 bits per heavy atom. The summed E-state index contributed by atoms with van der Waals surface area (Å²) in [5, 5.41) is 39.6. The molecule has 0 unspecified atom stereocenters. The number of amidine groups is 3. The van der Waals surface area contributed by atoms with Gasteiger partial charge in [0.25, 0.3) is 53.7 Å². The van der Waals surface area contributed by atoms with Crippen LogP contribution in [0.15, 0.2) is 145 Å². The first-order valence-electron chi connectivity index (χ1n) is 33.6. The van der Waals surface area contributed by atoms with Gasteiger partial charge in [-0.1, -0.05) is 73.6 Å². The van der Waals surface area contributed by atoms with Crippen LogP contribution in [0.2, 0.25) is 0 Å². The average Bonchev–Trinajstić information content (AvgIpc) is 1.62. The molecule has 3 aliphatic rings. The van der Waals surface area contributed by atoms with Gasteiger partial charge in [-0.25, -0.2) is 25.3 Å². The summed E-state index contributed by atoms with van der Waals surface area (Å²) in [6, 6.07) is 15.2. The number of benzene rings is 3. The Balaban J connectivity index is 0.000000228. The molecule has 3 aromatic heterocycles. The Morgan fingerprint density at radius 2 is 0.817 bits per heavy atom. The number of anilines is 3. The summed E-state index contributed by atoms with van der Waals surface area (Å²) in [4.78, 5) is 63.8. The molecule has 9 N–H and O–H groups in total. The number of likely N-dealkylation sites (N-methyl/N-ethyl adjacent to an activating group) is 1. The van der Waals surface area contributed by atoms with Crippen LogP contribution >= 0.6 is 0 Å². The zero-order valence-corrected chi connectivity index (χ0v) is 65.2. The first-order chi connectivity index (χ1) is 50.5. The number of carbonyl (C=O) groups is 4. The normalized spacial score (nSPS) is 17.1. The maximum Gasteiger partial charge on any atom is 0.431 e. The van der Waals surface area contributed by atoms with E-state index in [9.17, 15) is 86.1 Å². The third kappa shape index (κ3) is 19.2. The molecule has 0 aliphatic carbocycles. The van der Waals surface area contributed by atoms with Gasteiger partial charge < -0.3 is 64.1 Å². The molecule has 38 heteroatoms. The van der Waals surface area contributed by atoms with Gasteiger partial charge in [0.05, 0.1) is 46.3 Å². The zero-order chi connectivity index (χ0) is 81.8. The van der Waals surface area contributed by atoms with Gasteiger partial charge in [0.15, 0.2) is 49.5 Å². The number of para-hydroxylation sites is 3. The lowest BCUT2D eigenvalue weighted by molar-refractivity contribution is -0.124. The first kappa shape index (κ1) is 85.5. The number of hydrogen-bond donors (Lipinski definition) is 9. The fraction of sp³-hybridized carbons (Fsp3) is 0.394. The number of nitrogens with one attached hydrogen (secondary N) is 6. The van der Waals surface area contributed by atoms with Gasteiger partial charge >= 0.3 is 12.4 Å². The lowest BCUT2D eigenvalue weighted by Gasteiger charge is -2.18. The molecule has 29 nitrogen and oxygen atoms in total. The molecular formula is C71H87F6N13O16S3. The van der Waals surface area contributed by atoms with E-state index in [1.54, 1.807) is 67.1 Å². The van der Waals surface area contributed by atoms with E-state index in [-0.39, 0.29) is 63.0 Å². The Morgan fingerprint density at radius 3 is 1.11 bits per heavy atom. The van der Waals surface area contributed by atoms with E-state index in [0.717, 1.165) is 21.6 Å². The third-order valence-electron chi connectivity index (χ3n) is 16.8. The van der Waals surface area contributed by atoms with Gasteiger partial charge in [0.1, 0.15) is 58.3 Å². The number of phenolic OH excluding ortho intramolecular Hbond substituents is 3. The molecule has 4 amide bonds. The quantitative estimate of drug-likeness (QED) is 0.0239. The SMILES string of the molecule is CC[C@@H](N=C1NS(=O)(=O)C(C(=O)N(C)C)=C1Nc1cccc(C(=O)N(C)C)c1O)c1cc(C(C)C)co1.CC[C@@H](N=C1NS(=O)(=O)C(C(F)(F)F)=C1Nc1cccc(C(=O)N(C)C)c1O)c1cc(C(C)C)co1.Cc1cc([C@H](N=C2NS(=O)(=O)C(C(F)(F)F)=C2Nc2cccc(C(=O)N(C)C)c2O)C(C)C)oc1C. The highest BCUT2D eigenvalue weighted by Crippen LogP contribution is 2.43. The van der Waals surface area contributed by atoms with E-state index in [2.05, 4.69) is 35.6 Å². The number of carbonyl (C=O) groups excluding carboxylic acids is 4. The number of sulfonamides is 3. The van der Waals surface area contributed by atoms with Crippen LogP contribution in [-0.4, -0.2) is 170 Å². The average molecular weight is 1590 g/mol. The maximum atomic E-state index is 14.0. The lowest BCUT2D eigenvalue weighted by atomic mass is 10.0. The number of allylic oxidation sites excluding steroid dienone is 2. The van der Waals surface area contributed by atoms with Crippen molar-refractivity contribution in [3.8, 4) is 17.2 Å². The van der Waals surface area contributed by atoms with Crippen molar-refractivity contribution < 1.29 is 99.3 Å². The van der Waals surface area contributed by atoms with Gasteiger partial charge in [-0.3, -0.25) is 48.3 Å². The second kappa shape index (κ2) is 33.4. The largest absolute Gasteiger partial charge is 0.505 e. The van der Waals surface area contributed by atoms with E-state index in [0.29, 0.717) is 35.9 Å². The second-order valence-electron chi connectivity index (χ2n) is 26.9. The molecule has 3 aliphatic heterocycles. The number of hydrogen-bond acceptors (Lipinski definition) is 22. The molecule has 592 valence electrons. The number of alkyl halides is 6. The molecule has 6 heterocycles.